The number of hydrogen-bond acceptors (Lipinski definition) is 4. The molecule has 14 rings (SSSR count). The molecular formula is C65H39N3O. The Balaban J connectivity index is 1.01. The molecule has 0 amide bonds. The van der Waals surface area contributed by atoms with E-state index in [-0.39, 0.29) is 0 Å². The molecule has 0 radical (unpaired) electrons. The highest BCUT2D eigenvalue weighted by molar-refractivity contribution is 6.23. The maximum atomic E-state index is 6.44. The summed E-state index contributed by atoms with van der Waals surface area (Å²) in [6.45, 7) is 0. The SMILES string of the molecule is c1ccc(-c2ccc3oc4ccc(-c5cc(-c6ccccc6)nc(-c6cc(-c7cnc8c9ccccc9c9ccccc9c8n7)cc(-c7cc8ccccc8c8ccccc78)c6)c5)cc4c3c2)cc1. The summed E-state index contributed by atoms with van der Waals surface area (Å²) < 4.78 is 6.44. The molecule has 0 bridgehead atoms. The van der Waals surface area contributed by atoms with E-state index in [2.05, 4.69) is 231 Å². The lowest BCUT2D eigenvalue weighted by Crippen LogP contribution is -1.95. The van der Waals surface area contributed by atoms with Gasteiger partial charge in [-0.2, -0.15) is 0 Å². The van der Waals surface area contributed by atoms with Crippen LogP contribution < -0.4 is 0 Å². The zero-order valence-electron chi connectivity index (χ0n) is 37.3. The maximum Gasteiger partial charge on any atom is 0.135 e. The van der Waals surface area contributed by atoms with Gasteiger partial charge in [-0.3, -0.25) is 4.98 Å². The van der Waals surface area contributed by atoms with Crippen molar-refractivity contribution in [1.29, 1.82) is 0 Å². The second kappa shape index (κ2) is 15.7. The van der Waals surface area contributed by atoms with Crippen LogP contribution in [0.5, 0.6) is 0 Å². The summed E-state index contributed by atoms with van der Waals surface area (Å²) in [6.07, 6.45) is 1.94. The minimum Gasteiger partial charge on any atom is -0.456 e. The Kier molecular flexibility index (Phi) is 8.86. The van der Waals surface area contributed by atoms with Gasteiger partial charge in [0.2, 0.25) is 0 Å². The molecule has 3 heterocycles. The Hall–Kier alpha value is -9.25. The molecule has 0 aliphatic heterocycles. The third-order valence-corrected chi connectivity index (χ3v) is 13.8. The van der Waals surface area contributed by atoms with Crippen LogP contribution in [0.25, 0.3) is 143 Å². The summed E-state index contributed by atoms with van der Waals surface area (Å²) in [5, 5.41) is 11.5. The number of hydrogen-bond donors (Lipinski definition) is 0. The lowest BCUT2D eigenvalue weighted by atomic mass is 9.90. The molecule has 11 aromatic carbocycles. The molecule has 320 valence electrons. The van der Waals surface area contributed by atoms with Crippen LogP contribution in [-0.4, -0.2) is 15.0 Å². The Bertz CT molecular complexity index is 4330. The van der Waals surface area contributed by atoms with Crippen molar-refractivity contribution in [3.05, 3.63) is 237 Å². The van der Waals surface area contributed by atoms with Crippen molar-refractivity contribution in [2.24, 2.45) is 0 Å². The van der Waals surface area contributed by atoms with Crippen molar-refractivity contribution in [2.75, 3.05) is 0 Å². The van der Waals surface area contributed by atoms with Crippen LogP contribution >= 0.6 is 0 Å². The van der Waals surface area contributed by atoms with E-state index in [0.29, 0.717) is 0 Å². The molecule has 4 nitrogen and oxygen atoms in total. The predicted octanol–water partition coefficient (Wildman–Crippen LogP) is 17.5. The minimum atomic E-state index is 0.794. The van der Waals surface area contributed by atoms with Gasteiger partial charge in [0.25, 0.3) is 0 Å². The van der Waals surface area contributed by atoms with Gasteiger partial charge in [0.15, 0.2) is 0 Å². The highest BCUT2D eigenvalue weighted by Gasteiger charge is 2.18. The van der Waals surface area contributed by atoms with E-state index >= 15 is 0 Å². The fraction of sp³-hybridized carbons (Fsp3) is 0. The average molecular weight is 878 g/mol. The molecule has 0 atom stereocenters. The summed E-state index contributed by atoms with van der Waals surface area (Å²) in [5.74, 6) is 0. The van der Waals surface area contributed by atoms with Crippen LogP contribution in [-0.2, 0) is 0 Å². The molecule has 0 saturated carbocycles. The van der Waals surface area contributed by atoms with Gasteiger partial charge in [-0.1, -0.05) is 170 Å². The van der Waals surface area contributed by atoms with Crippen molar-refractivity contribution in [1.82, 2.24) is 15.0 Å². The van der Waals surface area contributed by atoms with Crippen LogP contribution in [0, 0.1) is 0 Å². The topological polar surface area (TPSA) is 51.8 Å². The summed E-state index contributed by atoms with van der Waals surface area (Å²) in [6, 6.07) is 82.0. The van der Waals surface area contributed by atoms with Gasteiger partial charge in [-0.25, -0.2) is 9.97 Å². The number of pyridine rings is 1. The second-order valence-electron chi connectivity index (χ2n) is 17.9. The van der Waals surface area contributed by atoms with Gasteiger partial charge in [0, 0.05) is 38.2 Å². The normalized spacial score (nSPS) is 11.8. The number of rotatable bonds is 6. The van der Waals surface area contributed by atoms with E-state index in [1.165, 1.54) is 32.5 Å². The first-order valence-electron chi connectivity index (χ1n) is 23.4. The van der Waals surface area contributed by atoms with Crippen molar-refractivity contribution < 1.29 is 4.42 Å². The van der Waals surface area contributed by atoms with Crippen LogP contribution in [0.1, 0.15) is 0 Å². The van der Waals surface area contributed by atoms with E-state index in [9.17, 15) is 0 Å². The zero-order valence-corrected chi connectivity index (χ0v) is 37.3. The first-order valence-corrected chi connectivity index (χ1v) is 23.4. The molecular weight excluding hydrogens is 839 g/mol. The summed E-state index contributed by atoms with van der Waals surface area (Å²) in [7, 11) is 0. The molecule has 14 aromatic rings. The monoisotopic (exact) mass is 877 g/mol. The van der Waals surface area contributed by atoms with Crippen molar-refractivity contribution in [3.8, 4) is 67.2 Å². The van der Waals surface area contributed by atoms with E-state index in [0.717, 1.165) is 111 Å². The Labute approximate surface area is 397 Å². The van der Waals surface area contributed by atoms with E-state index in [1.807, 2.05) is 6.20 Å². The number of aromatic nitrogens is 3. The Morgan fingerprint density at radius 1 is 0.261 bits per heavy atom. The molecule has 0 spiro atoms. The molecule has 0 unspecified atom stereocenters. The smallest absolute Gasteiger partial charge is 0.135 e. The fourth-order valence-corrected chi connectivity index (χ4v) is 10.5. The molecule has 0 aliphatic rings. The maximum absolute atomic E-state index is 6.44. The molecule has 0 N–H and O–H groups in total. The second-order valence-corrected chi connectivity index (χ2v) is 17.9. The summed E-state index contributed by atoms with van der Waals surface area (Å²) in [4.78, 5) is 16.2. The van der Waals surface area contributed by atoms with Crippen molar-refractivity contribution >= 4 is 76.1 Å². The Morgan fingerprint density at radius 2 is 0.754 bits per heavy atom. The largest absolute Gasteiger partial charge is 0.456 e. The van der Waals surface area contributed by atoms with E-state index < -0.39 is 0 Å². The fourth-order valence-electron chi connectivity index (χ4n) is 10.5. The number of benzene rings is 11. The van der Waals surface area contributed by atoms with Crippen molar-refractivity contribution in [2.45, 2.75) is 0 Å². The standard InChI is InChI=1S/C65H39N3O/c1-3-15-40(16-4-1)42-27-29-62-57(34-42)58-35-43(28-30-63(58)69-62)45-37-59(41-17-5-2-6-18-41)67-60(38-45)47-31-46(56-36-44-19-7-8-20-49(44)50-21-9-10-24-53(50)56)32-48(33-47)61-39-66-64-54-25-13-11-22-51(54)52-23-12-14-26-55(52)65(64)68-61/h1-39H. The molecule has 0 saturated heterocycles. The number of nitrogens with zero attached hydrogens (tertiary/aromatic N) is 3. The van der Waals surface area contributed by atoms with Gasteiger partial charge in [0.05, 0.1) is 34.3 Å². The van der Waals surface area contributed by atoms with E-state index in [1.54, 1.807) is 0 Å². The lowest BCUT2D eigenvalue weighted by molar-refractivity contribution is 0.669. The van der Waals surface area contributed by atoms with Crippen LogP contribution in [0.3, 0.4) is 0 Å². The molecule has 0 aliphatic carbocycles. The molecule has 4 heteroatoms. The highest BCUT2D eigenvalue weighted by Crippen LogP contribution is 2.42. The third kappa shape index (κ3) is 6.57. The lowest BCUT2D eigenvalue weighted by Gasteiger charge is -2.16. The van der Waals surface area contributed by atoms with Gasteiger partial charge >= 0.3 is 0 Å². The van der Waals surface area contributed by atoms with Crippen LogP contribution in [0.15, 0.2) is 241 Å². The van der Waals surface area contributed by atoms with Gasteiger partial charge < -0.3 is 4.42 Å². The Morgan fingerprint density at radius 3 is 1.42 bits per heavy atom. The van der Waals surface area contributed by atoms with Crippen LogP contribution in [0.2, 0.25) is 0 Å². The average Bonchev–Trinajstić information content (AvgIpc) is 3.80. The number of fused-ring (bicyclic) bond motifs is 12. The van der Waals surface area contributed by atoms with Gasteiger partial charge in [0.1, 0.15) is 11.2 Å². The summed E-state index contributed by atoms with van der Waals surface area (Å²) >= 11 is 0. The first-order chi connectivity index (χ1) is 34.2. The van der Waals surface area contributed by atoms with E-state index in [4.69, 9.17) is 19.4 Å². The van der Waals surface area contributed by atoms with Crippen LogP contribution in [0.4, 0.5) is 0 Å². The predicted molar refractivity (Wildman–Crippen MR) is 287 cm³/mol. The highest BCUT2D eigenvalue weighted by atomic mass is 16.3. The quantitative estimate of drug-likeness (QED) is 0.156. The molecule has 3 aromatic heterocycles. The van der Waals surface area contributed by atoms with Gasteiger partial charge in [-0.05, 0) is 126 Å². The molecule has 69 heavy (non-hydrogen) atoms. The zero-order chi connectivity index (χ0) is 45.4. The minimum absolute atomic E-state index is 0.794. The van der Waals surface area contributed by atoms with Crippen molar-refractivity contribution in [3.63, 3.8) is 0 Å². The third-order valence-electron chi connectivity index (χ3n) is 13.8. The molecule has 0 fully saturated rings. The van der Waals surface area contributed by atoms with Gasteiger partial charge in [-0.15, -0.1) is 0 Å². The number of furan rings is 1. The first kappa shape index (κ1) is 39.0. The summed E-state index contributed by atoms with van der Waals surface area (Å²) in [5.41, 5.74) is 15.7.